The number of aliphatic carboxylic acids is 3. The molecule has 0 aliphatic rings. The molecule has 9 N–H and O–H groups in total. The number of carboxylic acid groups (broad SMARTS) is 3. The number of aromatic nitrogens is 2. The van der Waals surface area contributed by atoms with Crippen LogP contribution in [0.4, 0.5) is 0 Å². The van der Waals surface area contributed by atoms with Crippen LogP contribution in [0.25, 0.3) is 0 Å². The number of nitrogens with two attached hydrogens (primary N) is 1. The van der Waals surface area contributed by atoms with Crippen molar-refractivity contribution in [1.82, 2.24) is 25.9 Å². The molecule has 0 fully saturated rings. The largest absolute Gasteiger partial charge is 0.480 e. The lowest BCUT2D eigenvalue weighted by atomic mass is 9.99. The van der Waals surface area contributed by atoms with Crippen LogP contribution in [0.2, 0.25) is 0 Å². The summed E-state index contributed by atoms with van der Waals surface area (Å²) in [4.78, 5) is 42.2. The van der Waals surface area contributed by atoms with Gasteiger partial charge in [0.2, 0.25) is 5.66 Å². The van der Waals surface area contributed by atoms with Crippen LogP contribution in [-0.4, -0.2) is 77.9 Å². The quantitative estimate of drug-likeness (QED) is 0.0886. The van der Waals surface area contributed by atoms with Gasteiger partial charge in [-0.3, -0.25) is 20.1 Å². The molecule has 176 valence electrons. The van der Waals surface area contributed by atoms with Crippen LogP contribution in [0, 0.1) is 0 Å². The van der Waals surface area contributed by atoms with E-state index in [4.69, 9.17) is 5.73 Å². The number of nitrogens with one attached hydrogen (secondary N) is 3. The highest BCUT2D eigenvalue weighted by Gasteiger charge is 2.48. The van der Waals surface area contributed by atoms with Crippen LogP contribution < -0.4 is 16.5 Å². The number of hydrogen-bond acceptors (Lipinski definition) is 9. The van der Waals surface area contributed by atoms with Gasteiger partial charge in [0, 0.05) is 18.3 Å². The molecule has 0 unspecified atom stereocenters. The number of rotatable bonds is 17. The Morgan fingerprint density at radius 2 is 1.87 bits per heavy atom. The Balaban J connectivity index is 3.21. The van der Waals surface area contributed by atoms with Crippen molar-refractivity contribution in [2.75, 3.05) is 6.54 Å². The Morgan fingerprint density at radius 1 is 1.19 bits per heavy atom. The zero-order valence-electron chi connectivity index (χ0n) is 17.5. The van der Waals surface area contributed by atoms with E-state index in [-0.39, 0.29) is 37.4 Å². The van der Waals surface area contributed by atoms with Crippen molar-refractivity contribution >= 4 is 17.9 Å². The minimum Gasteiger partial charge on any atom is -0.480 e. The second-order valence-corrected chi connectivity index (χ2v) is 7.20. The molecule has 0 saturated heterocycles. The number of hydrogen-bond donors (Lipinski definition) is 8. The first-order chi connectivity index (χ1) is 14.7. The van der Waals surface area contributed by atoms with Gasteiger partial charge < -0.3 is 26.0 Å². The molecule has 3 atom stereocenters. The summed E-state index contributed by atoms with van der Waals surface area (Å²) in [6, 6.07) is -2.69. The van der Waals surface area contributed by atoms with Crippen molar-refractivity contribution in [3.05, 3.63) is 18.2 Å². The van der Waals surface area contributed by atoms with Crippen LogP contribution in [0.3, 0.4) is 0 Å². The number of H-pyrrole nitrogens is 1. The van der Waals surface area contributed by atoms with Gasteiger partial charge in [0.25, 0.3) is 0 Å². The molecule has 0 aliphatic carbocycles. The number of hydroxylamine groups is 1. The molecule has 0 amide bonds. The number of unbranched alkanes of at least 4 members (excludes halogenated alkanes) is 2. The Hall–Kier alpha value is -2.58. The zero-order valence-corrected chi connectivity index (χ0v) is 17.5. The molecule has 0 aromatic carbocycles. The number of carbonyl (C=O) groups is 3. The lowest BCUT2D eigenvalue weighted by molar-refractivity contribution is -0.242. The molecule has 0 bridgehead atoms. The van der Waals surface area contributed by atoms with E-state index in [2.05, 4.69) is 20.7 Å². The molecule has 1 rings (SSSR count). The predicted octanol–water partition coefficient (Wildman–Crippen LogP) is -0.256. The van der Waals surface area contributed by atoms with Crippen molar-refractivity contribution in [3.8, 4) is 0 Å². The van der Waals surface area contributed by atoms with E-state index in [1.807, 2.05) is 6.92 Å². The van der Waals surface area contributed by atoms with E-state index in [0.29, 0.717) is 25.0 Å². The minimum atomic E-state index is -2.32. The summed E-state index contributed by atoms with van der Waals surface area (Å²) in [5.74, 6) is -4.20. The van der Waals surface area contributed by atoms with Crippen molar-refractivity contribution in [2.45, 2.75) is 69.6 Å². The lowest BCUT2D eigenvalue weighted by Gasteiger charge is -2.40. The van der Waals surface area contributed by atoms with Gasteiger partial charge in [-0.05, 0) is 32.2 Å². The van der Waals surface area contributed by atoms with Crippen LogP contribution in [-0.2, 0) is 20.8 Å². The third kappa shape index (κ3) is 7.88. The first-order valence-corrected chi connectivity index (χ1v) is 10.1. The zero-order chi connectivity index (χ0) is 23.4. The van der Waals surface area contributed by atoms with Crippen LogP contribution >= 0.6 is 0 Å². The van der Waals surface area contributed by atoms with Gasteiger partial charge >= 0.3 is 17.9 Å². The van der Waals surface area contributed by atoms with Gasteiger partial charge in [0.1, 0.15) is 12.1 Å². The summed E-state index contributed by atoms with van der Waals surface area (Å²) < 4.78 is 0. The first kappa shape index (κ1) is 26.5. The summed E-state index contributed by atoms with van der Waals surface area (Å²) in [5.41, 5.74) is 5.90. The molecular formula is C18H32N6O7. The van der Waals surface area contributed by atoms with Crippen LogP contribution in [0.5, 0.6) is 0 Å². The smallest absolute Gasteiger partial charge is 0.342 e. The molecule has 0 saturated carbocycles. The molecule has 13 nitrogen and oxygen atoms in total. The number of hydrazine groups is 1. The molecule has 0 spiro atoms. The highest BCUT2D eigenvalue weighted by Crippen LogP contribution is 2.21. The Morgan fingerprint density at radius 3 is 2.35 bits per heavy atom. The molecule has 1 aromatic rings. The Kier molecular flexibility index (Phi) is 11.1. The monoisotopic (exact) mass is 444 g/mol. The molecule has 1 heterocycles. The van der Waals surface area contributed by atoms with E-state index in [1.165, 1.54) is 12.5 Å². The number of aromatic amines is 1. The van der Waals surface area contributed by atoms with Crippen molar-refractivity contribution < 1.29 is 34.9 Å². The highest BCUT2D eigenvalue weighted by atomic mass is 16.6. The second kappa shape index (κ2) is 13.0. The third-order valence-corrected chi connectivity index (χ3v) is 4.82. The predicted molar refractivity (Wildman–Crippen MR) is 108 cm³/mol. The summed E-state index contributed by atoms with van der Waals surface area (Å²) in [6.45, 7) is 2.12. The fraction of sp³-hybridized carbons (Fsp3) is 0.667. The normalized spacial score (nSPS) is 15.4. The molecule has 1 aromatic heterocycles. The maximum atomic E-state index is 12.3. The van der Waals surface area contributed by atoms with Crippen molar-refractivity contribution in [1.29, 1.82) is 0 Å². The van der Waals surface area contributed by atoms with E-state index < -0.39 is 35.7 Å². The van der Waals surface area contributed by atoms with E-state index in [0.717, 1.165) is 0 Å². The summed E-state index contributed by atoms with van der Waals surface area (Å²) in [6.07, 6.45) is 4.37. The van der Waals surface area contributed by atoms with Gasteiger partial charge in [-0.2, -0.15) is 0 Å². The Bertz CT molecular complexity index is 702. The fourth-order valence-corrected chi connectivity index (χ4v) is 3.04. The highest BCUT2D eigenvalue weighted by molar-refractivity contribution is 5.81. The maximum absolute atomic E-state index is 12.3. The molecule has 31 heavy (non-hydrogen) atoms. The Labute approximate surface area is 179 Å². The minimum absolute atomic E-state index is 0.137. The van der Waals surface area contributed by atoms with Gasteiger partial charge in [-0.25, -0.2) is 15.2 Å². The summed E-state index contributed by atoms with van der Waals surface area (Å²) in [5, 5.41) is 42.4. The topological polar surface area (TPSA) is 214 Å². The summed E-state index contributed by atoms with van der Waals surface area (Å²) in [7, 11) is 0. The molecular weight excluding hydrogens is 412 g/mol. The molecule has 13 heteroatoms. The van der Waals surface area contributed by atoms with Crippen LogP contribution in [0.15, 0.2) is 12.5 Å². The van der Waals surface area contributed by atoms with E-state index in [1.54, 1.807) is 0 Å². The number of carboxylic acids is 3. The molecule has 0 aliphatic heterocycles. The van der Waals surface area contributed by atoms with Gasteiger partial charge in [-0.15, -0.1) is 0 Å². The lowest BCUT2D eigenvalue weighted by Crippen LogP contribution is -2.71. The summed E-state index contributed by atoms with van der Waals surface area (Å²) >= 11 is 0. The SMILES string of the molecule is CCCC[C@H](NN(O)[C@](CCCCN)(N[C@@H](Cc1cnc[nH]1)C(=O)O)C(=O)O)C(=O)O. The van der Waals surface area contributed by atoms with Crippen molar-refractivity contribution in [2.24, 2.45) is 5.73 Å². The average Bonchev–Trinajstić information content (AvgIpc) is 3.22. The van der Waals surface area contributed by atoms with Crippen LogP contribution in [0.1, 0.15) is 51.1 Å². The standard InChI is InChI=1S/C18H32N6O7/c1-2-3-6-13(15(25)26)23-24(31)18(17(29)30,7-4-5-8-19)22-14(16(27)28)9-12-10-20-11-21-12/h10-11,13-14,22-23,31H,2-9,19H2,1H3,(H,20,21)(H,25,26)(H,27,28)(H,29,30)/t13-,14-,18-/m0/s1. The van der Waals surface area contributed by atoms with Gasteiger partial charge in [-0.1, -0.05) is 24.9 Å². The van der Waals surface area contributed by atoms with E-state index >= 15 is 0 Å². The fourth-order valence-electron chi connectivity index (χ4n) is 3.04. The molecule has 0 radical (unpaired) electrons. The third-order valence-electron chi connectivity index (χ3n) is 4.82. The number of imidazole rings is 1. The van der Waals surface area contributed by atoms with E-state index in [9.17, 15) is 34.9 Å². The van der Waals surface area contributed by atoms with Gasteiger partial charge in [0.15, 0.2) is 0 Å². The first-order valence-electron chi connectivity index (χ1n) is 10.1. The maximum Gasteiger partial charge on any atom is 0.342 e. The second-order valence-electron chi connectivity index (χ2n) is 7.20. The van der Waals surface area contributed by atoms with Gasteiger partial charge in [0.05, 0.1) is 6.33 Å². The number of nitrogens with zero attached hydrogens (tertiary/aromatic N) is 2. The average molecular weight is 444 g/mol. The van der Waals surface area contributed by atoms with Crippen molar-refractivity contribution in [3.63, 3.8) is 0 Å².